The first-order valence-corrected chi connectivity index (χ1v) is 9.16. The fourth-order valence-electron chi connectivity index (χ4n) is 2.97. The summed E-state index contributed by atoms with van der Waals surface area (Å²) in [5.41, 5.74) is 3.49. The zero-order valence-corrected chi connectivity index (χ0v) is 13.7. The summed E-state index contributed by atoms with van der Waals surface area (Å²) < 4.78 is 28.0. The number of rotatable bonds is 4. The van der Waals surface area contributed by atoms with Crippen LogP contribution < -0.4 is 4.72 Å². The Morgan fingerprint density at radius 2 is 1.73 bits per heavy atom. The van der Waals surface area contributed by atoms with Crippen molar-refractivity contribution in [2.45, 2.75) is 43.5 Å². The van der Waals surface area contributed by atoms with Crippen LogP contribution in [0.15, 0.2) is 53.4 Å². The van der Waals surface area contributed by atoms with Crippen molar-refractivity contribution in [2.24, 2.45) is 0 Å². The van der Waals surface area contributed by atoms with Gasteiger partial charge in [-0.3, -0.25) is 0 Å². The first-order chi connectivity index (χ1) is 10.5. The van der Waals surface area contributed by atoms with Crippen molar-refractivity contribution in [1.29, 1.82) is 0 Å². The highest BCUT2D eigenvalue weighted by Crippen LogP contribution is 2.32. The first kappa shape index (κ1) is 15.3. The number of aryl methyl sites for hydroxylation is 1. The molecule has 0 spiro atoms. The topological polar surface area (TPSA) is 46.2 Å². The molecule has 0 amide bonds. The number of hydrogen-bond donors (Lipinski definition) is 1. The van der Waals surface area contributed by atoms with Gasteiger partial charge in [-0.25, -0.2) is 13.1 Å². The van der Waals surface area contributed by atoms with E-state index in [1.165, 1.54) is 5.56 Å². The average Bonchev–Trinajstić information content (AvgIpc) is 2.90. The van der Waals surface area contributed by atoms with Crippen LogP contribution >= 0.6 is 0 Å². The average molecular weight is 315 g/mol. The number of hydrogen-bond acceptors (Lipinski definition) is 2. The van der Waals surface area contributed by atoms with Crippen LogP contribution in [0, 0.1) is 0 Å². The van der Waals surface area contributed by atoms with Gasteiger partial charge in [0.2, 0.25) is 10.0 Å². The zero-order valence-electron chi connectivity index (χ0n) is 12.9. The second-order valence-electron chi connectivity index (χ2n) is 6.14. The molecule has 1 N–H and O–H groups in total. The van der Waals surface area contributed by atoms with Gasteiger partial charge in [0, 0.05) is 6.04 Å². The molecule has 116 valence electrons. The summed E-state index contributed by atoms with van der Waals surface area (Å²) in [5, 5.41) is 0. The van der Waals surface area contributed by atoms with Crippen LogP contribution in [0.4, 0.5) is 0 Å². The van der Waals surface area contributed by atoms with Crippen molar-refractivity contribution >= 4 is 10.0 Å². The maximum atomic E-state index is 12.6. The molecular weight excluding hydrogens is 294 g/mol. The van der Waals surface area contributed by atoms with Gasteiger partial charge in [-0.15, -0.1) is 0 Å². The lowest BCUT2D eigenvalue weighted by Crippen LogP contribution is -2.27. The van der Waals surface area contributed by atoms with E-state index in [1.807, 2.05) is 30.3 Å². The molecule has 0 fully saturated rings. The molecule has 0 bridgehead atoms. The lowest BCUT2D eigenvalue weighted by atomic mass is 10.0. The summed E-state index contributed by atoms with van der Waals surface area (Å²) in [6, 6.07) is 15.1. The molecule has 0 aromatic heterocycles. The Morgan fingerprint density at radius 3 is 2.41 bits per heavy atom. The van der Waals surface area contributed by atoms with Crippen LogP contribution in [-0.4, -0.2) is 8.42 Å². The number of benzene rings is 2. The van der Waals surface area contributed by atoms with Gasteiger partial charge in [0.25, 0.3) is 0 Å². The summed E-state index contributed by atoms with van der Waals surface area (Å²) >= 11 is 0. The minimum absolute atomic E-state index is 0.119. The van der Waals surface area contributed by atoms with E-state index in [1.54, 1.807) is 12.1 Å². The van der Waals surface area contributed by atoms with E-state index < -0.39 is 10.0 Å². The van der Waals surface area contributed by atoms with Gasteiger partial charge in [0.15, 0.2) is 0 Å². The van der Waals surface area contributed by atoms with Gasteiger partial charge in [-0.2, -0.15) is 0 Å². The molecule has 4 heteroatoms. The summed E-state index contributed by atoms with van der Waals surface area (Å²) in [7, 11) is -3.48. The van der Waals surface area contributed by atoms with Gasteiger partial charge in [0.1, 0.15) is 0 Å². The van der Waals surface area contributed by atoms with Crippen molar-refractivity contribution in [1.82, 2.24) is 4.72 Å². The molecule has 22 heavy (non-hydrogen) atoms. The molecule has 0 aliphatic heterocycles. The normalized spacial score (nSPS) is 17.7. The van der Waals surface area contributed by atoms with Crippen molar-refractivity contribution in [3.8, 4) is 0 Å². The van der Waals surface area contributed by atoms with Crippen LogP contribution in [0.5, 0.6) is 0 Å². The molecule has 0 radical (unpaired) electrons. The minimum atomic E-state index is -3.48. The van der Waals surface area contributed by atoms with E-state index in [4.69, 9.17) is 0 Å². The minimum Gasteiger partial charge on any atom is -0.207 e. The third-order valence-corrected chi connectivity index (χ3v) is 5.77. The Bertz CT molecular complexity index is 764. The Labute approximate surface area is 132 Å². The Hall–Kier alpha value is -1.65. The summed E-state index contributed by atoms with van der Waals surface area (Å²) in [4.78, 5) is 0.335. The highest BCUT2D eigenvalue weighted by molar-refractivity contribution is 7.89. The van der Waals surface area contributed by atoms with Crippen molar-refractivity contribution in [3.63, 3.8) is 0 Å². The molecule has 0 saturated heterocycles. The maximum Gasteiger partial charge on any atom is 0.241 e. The molecule has 1 unspecified atom stereocenters. The van der Waals surface area contributed by atoms with Gasteiger partial charge in [-0.05, 0) is 47.6 Å². The molecule has 1 atom stereocenters. The highest BCUT2D eigenvalue weighted by Gasteiger charge is 2.27. The van der Waals surface area contributed by atoms with E-state index >= 15 is 0 Å². The molecule has 0 heterocycles. The van der Waals surface area contributed by atoms with E-state index in [0.717, 1.165) is 24.0 Å². The molecule has 3 nitrogen and oxygen atoms in total. The van der Waals surface area contributed by atoms with Crippen LogP contribution in [0.3, 0.4) is 0 Å². The van der Waals surface area contributed by atoms with Gasteiger partial charge < -0.3 is 0 Å². The lowest BCUT2D eigenvalue weighted by molar-refractivity contribution is 0.554. The monoisotopic (exact) mass is 315 g/mol. The van der Waals surface area contributed by atoms with E-state index in [0.29, 0.717) is 10.8 Å². The van der Waals surface area contributed by atoms with Crippen molar-refractivity contribution < 1.29 is 8.42 Å². The third kappa shape index (κ3) is 2.94. The maximum absolute atomic E-state index is 12.6. The fraction of sp³-hybridized carbons (Fsp3) is 0.333. The van der Waals surface area contributed by atoms with Crippen molar-refractivity contribution in [2.75, 3.05) is 0 Å². The van der Waals surface area contributed by atoms with E-state index in [-0.39, 0.29) is 6.04 Å². The molecule has 3 rings (SSSR count). The Morgan fingerprint density at radius 1 is 1.05 bits per heavy atom. The molecule has 2 aromatic carbocycles. The number of sulfonamides is 1. The summed E-state index contributed by atoms with van der Waals surface area (Å²) in [5.74, 6) is 0.395. The molecule has 1 aliphatic rings. The number of nitrogens with one attached hydrogen (secondary N) is 1. The molecule has 2 aromatic rings. The van der Waals surface area contributed by atoms with Crippen LogP contribution in [0.1, 0.15) is 48.9 Å². The van der Waals surface area contributed by atoms with Gasteiger partial charge >= 0.3 is 0 Å². The smallest absolute Gasteiger partial charge is 0.207 e. The lowest BCUT2D eigenvalue weighted by Gasteiger charge is -2.15. The fourth-order valence-corrected chi connectivity index (χ4v) is 4.22. The summed E-state index contributed by atoms with van der Waals surface area (Å²) in [6.07, 6.45) is 1.75. The van der Waals surface area contributed by atoms with Crippen LogP contribution in [-0.2, 0) is 16.4 Å². The molecular formula is C18H21NO2S. The van der Waals surface area contributed by atoms with Gasteiger partial charge in [0.05, 0.1) is 4.90 Å². The Balaban J connectivity index is 1.82. The number of fused-ring (bicyclic) bond motifs is 1. The van der Waals surface area contributed by atoms with Crippen molar-refractivity contribution in [3.05, 3.63) is 65.2 Å². The quantitative estimate of drug-likeness (QED) is 0.933. The largest absolute Gasteiger partial charge is 0.241 e. The predicted octanol–water partition coefficient (Wildman–Crippen LogP) is 3.78. The second kappa shape index (κ2) is 5.86. The molecule has 0 saturated carbocycles. The first-order valence-electron chi connectivity index (χ1n) is 7.67. The van der Waals surface area contributed by atoms with Crippen LogP contribution in [0.2, 0.25) is 0 Å². The third-order valence-electron chi connectivity index (χ3n) is 4.29. The second-order valence-corrected chi connectivity index (χ2v) is 7.85. The standard InChI is InChI=1S/C18H21NO2S/c1-13(2)14-7-10-16(11-8-14)22(20,21)19-18-12-9-15-5-3-4-6-17(15)18/h3-8,10-11,13,18-19H,9,12H2,1-2H3. The SMILES string of the molecule is CC(C)c1ccc(S(=O)(=O)NC2CCc3ccccc32)cc1. The predicted molar refractivity (Wildman–Crippen MR) is 88.4 cm³/mol. The Kier molecular flexibility index (Phi) is 4.06. The molecule has 1 aliphatic carbocycles. The van der Waals surface area contributed by atoms with Crippen LogP contribution in [0.25, 0.3) is 0 Å². The zero-order chi connectivity index (χ0) is 15.7. The van der Waals surface area contributed by atoms with E-state index in [9.17, 15) is 8.42 Å². The van der Waals surface area contributed by atoms with Gasteiger partial charge in [-0.1, -0.05) is 50.2 Å². The highest BCUT2D eigenvalue weighted by atomic mass is 32.2. The van der Waals surface area contributed by atoms with E-state index in [2.05, 4.69) is 24.6 Å². The summed E-state index contributed by atoms with van der Waals surface area (Å²) in [6.45, 7) is 4.19.